The number of carbonyl (C=O) groups excluding carboxylic acids is 3. The summed E-state index contributed by atoms with van der Waals surface area (Å²) < 4.78 is 5.48. The van der Waals surface area contributed by atoms with Gasteiger partial charge in [-0.1, -0.05) is 37.3 Å². The van der Waals surface area contributed by atoms with Crippen LogP contribution in [0.2, 0.25) is 0 Å². The van der Waals surface area contributed by atoms with Gasteiger partial charge in [0.05, 0.1) is 18.9 Å². The summed E-state index contributed by atoms with van der Waals surface area (Å²) in [5, 5.41) is 4.29. The van der Waals surface area contributed by atoms with Crippen LogP contribution in [-0.2, 0) is 20.7 Å². The number of carbonyl (C=O) groups is 3. The molecule has 3 aliphatic heterocycles. The molecular formula is C27H29N3O4. The van der Waals surface area contributed by atoms with E-state index >= 15 is 0 Å². The molecular weight excluding hydrogens is 430 g/mol. The number of piperidine rings is 1. The Morgan fingerprint density at radius 3 is 2.74 bits per heavy atom. The molecule has 0 aromatic heterocycles. The maximum Gasteiger partial charge on any atom is 0.259 e. The van der Waals surface area contributed by atoms with Crippen molar-refractivity contribution in [2.75, 3.05) is 31.2 Å². The first-order chi connectivity index (χ1) is 16.6. The van der Waals surface area contributed by atoms with Crippen LogP contribution >= 0.6 is 0 Å². The van der Waals surface area contributed by atoms with Gasteiger partial charge in [0, 0.05) is 36.7 Å². The second-order valence-corrected chi connectivity index (χ2v) is 8.95. The van der Waals surface area contributed by atoms with Crippen molar-refractivity contribution >= 4 is 34.2 Å². The second kappa shape index (κ2) is 9.43. The van der Waals surface area contributed by atoms with E-state index in [-0.39, 0.29) is 18.2 Å². The van der Waals surface area contributed by atoms with Gasteiger partial charge in [0.25, 0.3) is 5.91 Å². The van der Waals surface area contributed by atoms with Crippen LogP contribution in [0.15, 0.2) is 54.3 Å². The number of anilines is 1. The van der Waals surface area contributed by atoms with Crippen LogP contribution in [0.5, 0.6) is 0 Å². The van der Waals surface area contributed by atoms with Gasteiger partial charge < -0.3 is 9.64 Å². The highest BCUT2D eigenvalue weighted by Gasteiger charge is 2.40. The first-order valence-electron chi connectivity index (χ1n) is 12.0. The van der Waals surface area contributed by atoms with E-state index in [9.17, 15) is 14.4 Å². The zero-order chi connectivity index (χ0) is 23.7. The minimum Gasteiger partial charge on any atom is -0.378 e. The standard InChI is InChI=1S/C27H29N3O4/c1-2-3-5-18(17-29-12-14-34-15-13-29)16-19-8-9-22-25-20(19)6-4-7-21(25)27(33)30(22)23-10-11-24(31)28-26(23)32/h3-9,17,23H,2,10-16H2,1H3,(H,28,31,32)/b5-3-,18-17?. The van der Waals surface area contributed by atoms with E-state index in [1.54, 1.807) is 4.90 Å². The van der Waals surface area contributed by atoms with Crippen LogP contribution in [0.1, 0.15) is 42.1 Å². The molecule has 7 heteroatoms. The number of nitrogens with one attached hydrogen (secondary N) is 1. The predicted molar refractivity (Wildman–Crippen MR) is 131 cm³/mol. The smallest absolute Gasteiger partial charge is 0.259 e. The maximum atomic E-state index is 13.4. The third kappa shape index (κ3) is 4.12. The van der Waals surface area contributed by atoms with Gasteiger partial charge in [0.1, 0.15) is 6.04 Å². The van der Waals surface area contributed by atoms with Gasteiger partial charge in [-0.25, -0.2) is 0 Å². The molecule has 0 spiro atoms. The van der Waals surface area contributed by atoms with Gasteiger partial charge in [0.2, 0.25) is 11.8 Å². The van der Waals surface area contributed by atoms with E-state index in [1.807, 2.05) is 18.2 Å². The lowest BCUT2D eigenvalue weighted by atomic mass is 9.95. The molecule has 0 saturated carbocycles. The topological polar surface area (TPSA) is 79.0 Å². The molecule has 7 nitrogen and oxygen atoms in total. The fourth-order valence-electron chi connectivity index (χ4n) is 5.04. The molecule has 0 aliphatic carbocycles. The summed E-state index contributed by atoms with van der Waals surface area (Å²) in [6.45, 7) is 5.35. The highest BCUT2D eigenvalue weighted by molar-refractivity contribution is 6.27. The summed E-state index contributed by atoms with van der Waals surface area (Å²) in [4.78, 5) is 41.4. The molecule has 3 heterocycles. The van der Waals surface area contributed by atoms with Crippen LogP contribution in [0.4, 0.5) is 5.69 Å². The number of morpholine rings is 1. The fourth-order valence-corrected chi connectivity index (χ4v) is 5.04. The highest BCUT2D eigenvalue weighted by atomic mass is 16.5. The van der Waals surface area contributed by atoms with Crippen LogP contribution in [0, 0.1) is 0 Å². The minimum absolute atomic E-state index is 0.179. The molecule has 1 atom stereocenters. The van der Waals surface area contributed by atoms with Crippen LogP contribution in [0.25, 0.3) is 10.8 Å². The maximum absolute atomic E-state index is 13.4. The Bertz CT molecular complexity index is 1210. The highest BCUT2D eigenvalue weighted by Crippen LogP contribution is 2.41. The lowest BCUT2D eigenvalue weighted by Crippen LogP contribution is -2.53. The summed E-state index contributed by atoms with van der Waals surface area (Å²) in [6, 6.07) is 9.12. The Hall–Kier alpha value is -3.45. The van der Waals surface area contributed by atoms with Crippen molar-refractivity contribution in [3.05, 3.63) is 65.4 Å². The zero-order valence-electron chi connectivity index (χ0n) is 19.4. The summed E-state index contributed by atoms with van der Waals surface area (Å²) in [5.41, 5.74) is 3.70. The third-order valence-corrected chi connectivity index (χ3v) is 6.70. The van der Waals surface area contributed by atoms with Crippen LogP contribution in [-0.4, -0.2) is 55.0 Å². The molecule has 1 unspecified atom stereocenters. The molecule has 3 aliphatic rings. The summed E-state index contributed by atoms with van der Waals surface area (Å²) in [6.07, 6.45) is 8.83. The average molecular weight is 460 g/mol. The predicted octanol–water partition coefficient (Wildman–Crippen LogP) is 3.33. The number of nitrogens with zero attached hydrogens (tertiary/aromatic N) is 2. The van der Waals surface area contributed by atoms with Crippen molar-refractivity contribution in [2.24, 2.45) is 0 Å². The largest absolute Gasteiger partial charge is 0.378 e. The molecule has 2 saturated heterocycles. The van der Waals surface area contributed by atoms with Gasteiger partial charge in [-0.05, 0) is 47.9 Å². The Morgan fingerprint density at radius 2 is 1.97 bits per heavy atom. The van der Waals surface area contributed by atoms with E-state index in [0.717, 1.165) is 61.2 Å². The monoisotopic (exact) mass is 459 g/mol. The Labute approximate surface area is 199 Å². The molecule has 176 valence electrons. The van der Waals surface area contributed by atoms with Gasteiger partial charge in [0.15, 0.2) is 0 Å². The molecule has 2 fully saturated rings. The normalized spacial score (nSPS) is 21.1. The van der Waals surface area contributed by atoms with Gasteiger partial charge in [-0.15, -0.1) is 0 Å². The van der Waals surface area contributed by atoms with Crippen LogP contribution < -0.4 is 10.2 Å². The number of hydrogen-bond donors (Lipinski definition) is 1. The lowest BCUT2D eigenvalue weighted by Gasteiger charge is -2.30. The van der Waals surface area contributed by atoms with Crippen molar-refractivity contribution < 1.29 is 19.1 Å². The molecule has 0 radical (unpaired) electrons. The Kier molecular flexibility index (Phi) is 6.20. The number of ether oxygens (including phenoxy) is 1. The fraction of sp³-hybridized carbons (Fsp3) is 0.370. The van der Waals surface area contributed by atoms with Crippen molar-refractivity contribution in [1.82, 2.24) is 10.2 Å². The van der Waals surface area contributed by atoms with E-state index < -0.39 is 11.9 Å². The molecule has 0 bridgehead atoms. The van der Waals surface area contributed by atoms with Crippen molar-refractivity contribution in [2.45, 2.75) is 38.6 Å². The van der Waals surface area contributed by atoms with Gasteiger partial charge >= 0.3 is 0 Å². The number of amides is 3. The Morgan fingerprint density at radius 1 is 1.15 bits per heavy atom. The second-order valence-electron chi connectivity index (χ2n) is 8.95. The molecule has 5 rings (SSSR count). The molecule has 3 amide bonds. The SMILES string of the molecule is CC/C=C\C(=CN1CCOCC1)Cc1ccc2c3c(cccc13)C(=O)N2C1CCC(=O)NC1=O. The van der Waals surface area contributed by atoms with Gasteiger partial charge in [-0.3, -0.25) is 24.6 Å². The lowest BCUT2D eigenvalue weighted by molar-refractivity contribution is -0.134. The summed E-state index contributed by atoms with van der Waals surface area (Å²) >= 11 is 0. The van der Waals surface area contributed by atoms with E-state index in [0.29, 0.717) is 12.0 Å². The number of hydrogen-bond acceptors (Lipinski definition) is 5. The minimum atomic E-state index is -0.670. The van der Waals surface area contributed by atoms with E-state index in [1.165, 1.54) is 5.57 Å². The quantitative estimate of drug-likeness (QED) is 0.530. The number of rotatable bonds is 6. The van der Waals surface area contributed by atoms with Crippen molar-refractivity contribution in [3.63, 3.8) is 0 Å². The molecule has 1 N–H and O–H groups in total. The number of imide groups is 1. The summed E-state index contributed by atoms with van der Waals surface area (Å²) in [7, 11) is 0. The molecule has 2 aromatic carbocycles. The van der Waals surface area contributed by atoms with Crippen LogP contribution in [0.3, 0.4) is 0 Å². The summed E-state index contributed by atoms with van der Waals surface area (Å²) in [5.74, 6) is -0.872. The first kappa shape index (κ1) is 22.3. The number of benzene rings is 2. The number of allylic oxidation sites excluding steroid dienone is 3. The average Bonchev–Trinajstić information content (AvgIpc) is 3.13. The first-order valence-corrected chi connectivity index (χ1v) is 12.0. The zero-order valence-corrected chi connectivity index (χ0v) is 19.4. The van der Waals surface area contributed by atoms with Crippen molar-refractivity contribution in [1.29, 1.82) is 0 Å². The van der Waals surface area contributed by atoms with Gasteiger partial charge in [-0.2, -0.15) is 0 Å². The Balaban J connectivity index is 1.51. The third-order valence-electron chi connectivity index (χ3n) is 6.70. The van der Waals surface area contributed by atoms with Crippen molar-refractivity contribution in [3.8, 4) is 0 Å². The molecule has 34 heavy (non-hydrogen) atoms. The molecule has 2 aromatic rings. The van der Waals surface area contributed by atoms with E-state index in [4.69, 9.17) is 4.74 Å². The van der Waals surface area contributed by atoms with E-state index in [2.05, 4.69) is 47.6 Å².